The predicted molar refractivity (Wildman–Crippen MR) is 86.4 cm³/mol. The van der Waals surface area contributed by atoms with E-state index in [1.807, 2.05) is 0 Å². The van der Waals surface area contributed by atoms with Crippen LogP contribution in [0.25, 0.3) is 11.2 Å². The lowest BCUT2D eigenvalue weighted by molar-refractivity contribution is -0.0799. The first-order valence-electron chi connectivity index (χ1n) is 7.41. The summed E-state index contributed by atoms with van der Waals surface area (Å²) in [5, 5.41) is 10.7. The molecule has 11 nitrogen and oxygen atoms in total. The number of nitrogen functional groups attached to an aromatic ring is 1. The van der Waals surface area contributed by atoms with Crippen molar-refractivity contribution in [1.82, 2.24) is 19.5 Å². The summed E-state index contributed by atoms with van der Waals surface area (Å²) in [7, 11) is -1.43. The van der Waals surface area contributed by atoms with Gasteiger partial charge < -0.3 is 15.6 Å². The molecule has 0 aromatic carbocycles. The number of hydrogen-bond donors (Lipinski definition) is 2. The Balaban J connectivity index is 1.97. The van der Waals surface area contributed by atoms with Gasteiger partial charge in [0.1, 0.15) is 24.1 Å². The summed E-state index contributed by atoms with van der Waals surface area (Å²) in [5.41, 5.74) is 5.57. The lowest BCUT2D eigenvalue weighted by Crippen LogP contribution is -2.39. The van der Waals surface area contributed by atoms with E-state index in [1.165, 1.54) is 31.4 Å². The van der Waals surface area contributed by atoms with E-state index < -0.39 is 31.9 Å². The van der Waals surface area contributed by atoms with Crippen molar-refractivity contribution in [3.05, 3.63) is 12.7 Å². The molecular formula is C13H20N5O6P. The fourth-order valence-electron chi connectivity index (χ4n) is 2.78. The molecule has 1 aliphatic rings. The lowest BCUT2D eigenvalue weighted by Gasteiger charge is -2.28. The third kappa shape index (κ3) is 3.03. The quantitative estimate of drug-likeness (QED) is 0.724. The fraction of sp³-hybridized carbons (Fsp3) is 0.615. The normalized spacial score (nSPS) is 26.4. The molecular weight excluding hydrogens is 353 g/mol. The second-order valence-electron chi connectivity index (χ2n) is 6.02. The molecule has 2 aromatic rings. The molecule has 3 atom stereocenters. The number of aliphatic hydroxyl groups is 1. The summed E-state index contributed by atoms with van der Waals surface area (Å²) in [5.74, 6) is 0.214. The molecule has 12 heteroatoms. The fourth-order valence-corrected chi connectivity index (χ4v) is 3.75. The van der Waals surface area contributed by atoms with E-state index in [4.69, 9.17) is 24.0 Å². The van der Waals surface area contributed by atoms with Crippen LogP contribution in [0.3, 0.4) is 0 Å². The number of anilines is 1. The number of aromatic nitrogens is 4. The molecule has 0 aliphatic carbocycles. The molecule has 2 aromatic heterocycles. The average Bonchev–Trinajstić information content (AvgIpc) is 3.10. The van der Waals surface area contributed by atoms with Crippen molar-refractivity contribution in [2.24, 2.45) is 0 Å². The monoisotopic (exact) mass is 373 g/mol. The molecule has 1 fully saturated rings. The van der Waals surface area contributed by atoms with Crippen molar-refractivity contribution in [3.63, 3.8) is 0 Å². The summed E-state index contributed by atoms with van der Waals surface area (Å²) in [6.07, 6.45) is -0.335. The first-order chi connectivity index (χ1) is 11.7. The van der Waals surface area contributed by atoms with Crippen molar-refractivity contribution in [1.29, 1.82) is 0 Å². The summed E-state index contributed by atoms with van der Waals surface area (Å²) >= 11 is 0. The predicted octanol–water partition coefficient (Wildman–Crippen LogP) is 0.863. The van der Waals surface area contributed by atoms with Gasteiger partial charge >= 0.3 is 7.82 Å². The second kappa shape index (κ2) is 6.27. The first-order valence-corrected chi connectivity index (χ1v) is 8.87. The Morgan fingerprint density at radius 3 is 2.64 bits per heavy atom. The highest BCUT2D eigenvalue weighted by atomic mass is 31.2. The Hall–Kier alpha value is -1.62. The molecule has 25 heavy (non-hydrogen) atoms. The standard InChI is InChI=1S/C13H20N5O6P/c1-13(2)9(24-25(20,21-3)22-4)8(19)12(23-13)18-6-17-7-10(14)15-5-16-11(7)18/h5-6,8-9,12,19H,1-4H3,(H2,14,15,16)/t8?,9?,12-/m1/s1. The molecule has 3 N–H and O–H groups in total. The zero-order valence-corrected chi connectivity index (χ0v) is 15.1. The van der Waals surface area contributed by atoms with Crippen LogP contribution in [0.15, 0.2) is 12.7 Å². The molecule has 2 unspecified atom stereocenters. The van der Waals surface area contributed by atoms with Gasteiger partial charge in [0, 0.05) is 14.2 Å². The number of ether oxygens (including phenoxy) is 1. The van der Waals surface area contributed by atoms with E-state index in [2.05, 4.69) is 15.0 Å². The van der Waals surface area contributed by atoms with E-state index in [9.17, 15) is 9.67 Å². The number of phosphoric ester groups is 1. The van der Waals surface area contributed by atoms with Crippen LogP contribution in [0.2, 0.25) is 0 Å². The van der Waals surface area contributed by atoms with E-state index in [1.54, 1.807) is 13.8 Å². The summed E-state index contributed by atoms with van der Waals surface area (Å²) in [4.78, 5) is 12.2. The van der Waals surface area contributed by atoms with E-state index in [-0.39, 0.29) is 5.82 Å². The number of rotatable bonds is 5. The largest absolute Gasteiger partial charge is 0.474 e. The van der Waals surface area contributed by atoms with E-state index in [0.29, 0.717) is 11.2 Å². The minimum Gasteiger partial charge on any atom is -0.386 e. The van der Waals surface area contributed by atoms with Crippen LogP contribution in [0.5, 0.6) is 0 Å². The van der Waals surface area contributed by atoms with Crippen molar-refractivity contribution < 1.29 is 28.0 Å². The van der Waals surface area contributed by atoms with Gasteiger partial charge in [-0.15, -0.1) is 0 Å². The van der Waals surface area contributed by atoms with Crippen LogP contribution in [0.4, 0.5) is 5.82 Å². The van der Waals surface area contributed by atoms with Gasteiger partial charge in [0.2, 0.25) is 0 Å². The van der Waals surface area contributed by atoms with Crippen LogP contribution in [0.1, 0.15) is 20.1 Å². The maximum atomic E-state index is 12.3. The van der Waals surface area contributed by atoms with Gasteiger partial charge in [0.25, 0.3) is 0 Å². The molecule has 0 spiro atoms. The SMILES string of the molecule is COP(=O)(OC)OC1C(O)[C@H](n2cnc3c(N)ncnc32)OC1(C)C. The maximum absolute atomic E-state index is 12.3. The highest BCUT2D eigenvalue weighted by molar-refractivity contribution is 7.48. The van der Waals surface area contributed by atoms with Crippen LogP contribution >= 0.6 is 7.82 Å². The Morgan fingerprint density at radius 1 is 1.32 bits per heavy atom. The highest BCUT2D eigenvalue weighted by Crippen LogP contribution is 2.53. The Bertz CT molecular complexity index is 818. The van der Waals surface area contributed by atoms with Crippen LogP contribution in [-0.4, -0.2) is 56.7 Å². The number of aliphatic hydroxyl groups excluding tert-OH is 1. The smallest absolute Gasteiger partial charge is 0.386 e. The Labute approximate surface area is 143 Å². The molecule has 0 amide bonds. The Kier molecular flexibility index (Phi) is 4.56. The third-order valence-corrected chi connectivity index (χ3v) is 5.44. The van der Waals surface area contributed by atoms with Gasteiger partial charge in [0.15, 0.2) is 17.7 Å². The van der Waals surface area contributed by atoms with Crippen molar-refractivity contribution in [2.75, 3.05) is 20.0 Å². The zero-order valence-electron chi connectivity index (χ0n) is 14.2. The third-order valence-electron chi connectivity index (χ3n) is 4.06. The minimum absolute atomic E-state index is 0.214. The molecule has 0 radical (unpaired) electrons. The number of nitrogens with two attached hydrogens (primary N) is 1. The molecule has 3 heterocycles. The number of imidazole rings is 1. The molecule has 0 saturated carbocycles. The van der Waals surface area contributed by atoms with Crippen LogP contribution in [-0.2, 0) is 22.9 Å². The van der Waals surface area contributed by atoms with Gasteiger partial charge in [-0.05, 0) is 13.8 Å². The molecule has 1 aliphatic heterocycles. The molecule has 138 valence electrons. The van der Waals surface area contributed by atoms with Gasteiger partial charge in [-0.1, -0.05) is 0 Å². The number of fused-ring (bicyclic) bond motifs is 1. The second-order valence-corrected chi connectivity index (χ2v) is 7.86. The molecule has 1 saturated heterocycles. The van der Waals surface area contributed by atoms with Crippen molar-refractivity contribution in [2.45, 2.75) is 37.9 Å². The average molecular weight is 373 g/mol. The summed E-state index contributed by atoms with van der Waals surface area (Å²) < 4.78 is 34.8. The minimum atomic E-state index is -3.82. The van der Waals surface area contributed by atoms with Gasteiger partial charge in [-0.3, -0.25) is 18.1 Å². The maximum Gasteiger partial charge on any atom is 0.474 e. The van der Waals surface area contributed by atoms with Crippen LogP contribution in [0, 0.1) is 0 Å². The topological polar surface area (TPSA) is 144 Å². The summed E-state index contributed by atoms with van der Waals surface area (Å²) in [6, 6.07) is 0. The van der Waals surface area contributed by atoms with Gasteiger partial charge in [-0.2, -0.15) is 0 Å². The highest BCUT2D eigenvalue weighted by Gasteiger charge is 2.54. The van der Waals surface area contributed by atoms with E-state index >= 15 is 0 Å². The van der Waals surface area contributed by atoms with Gasteiger partial charge in [-0.25, -0.2) is 19.5 Å². The van der Waals surface area contributed by atoms with Crippen LogP contribution < -0.4 is 5.73 Å². The number of phosphoric acid groups is 1. The zero-order chi connectivity index (χ0) is 18.4. The van der Waals surface area contributed by atoms with E-state index in [0.717, 1.165) is 0 Å². The number of nitrogens with zero attached hydrogens (tertiary/aromatic N) is 4. The lowest BCUT2D eigenvalue weighted by atomic mass is 10.0. The van der Waals surface area contributed by atoms with Crippen molar-refractivity contribution in [3.8, 4) is 0 Å². The Morgan fingerprint density at radius 2 is 2.00 bits per heavy atom. The molecule has 3 rings (SSSR count). The molecule has 0 bridgehead atoms. The van der Waals surface area contributed by atoms with Gasteiger partial charge in [0.05, 0.1) is 11.9 Å². The first kappa shape index (κ1) is 18.2. The van der Waals surface area contributed by atoms with Crippen molar-refractivity contribution >= 4 is 24.8 Å². The number of hydrogen-bond acceptors (Lipinski definition) is 10. The summed E-state index contributed by atoms with van der Waals surface area (Å²) in [6.45, 7) is 3.39.